The van der Waals surface area contributed by atoms with Crippen LogP contribution in [0.25, 0.3) is 0 Å². The molecule has 0 saturated heterocycles. The lowest BCUT2D eigenvalue weighted by Gasteiger charge is -2.30. The Morgan fingerprint density at radius 1 is 0.781 bits per heavy atom. The molecule has 5 rings (SSSR count). The first-order chi connectivity index (χ1) is 15.5. The van der Waals surface area contributed by atoms with E-state index in [2.05, 4.69) is 4.72 Å². The lowest BCUT2D eigenvalue weighted by molar-refractivity contribution is -0.119. The molecule has 0 radical (unpaired) electrons. The summed E-state index contributed by atoms with van der Waals surface area (Å²) in [6.07, 6.45) is 5.24. The third-order valence-electron chi connectivity index (χ3n) is 6.35. The smallest absolute Gasteiger partial charge is 0.261 e. The molecule has 1 N–H and O–H groups in total. The van der Waals surface area contributed by atoms with Crippen molar-refractivity contribution in [3.8, 4) is 0 Å². The lowest BCUT2D eigenvalue weighted by Crippen LogP contribution is -2.34. The van der Waals surface area contributed by atoms with Gasteiger partial charge in [-0.1, -0.05) is 36.4 Å². The molecule has 164 valence electrons. The number of nitrogens with one attached hydrogen (secondary N) is 1. The summed E-state index contributed by atoms with van der Waals surface area (Å²) in [6.45, 7) is 0.507. The predicted molar refractivity (Wildman–Crippen MR) is 126 cm³/mol. The first-order valence-electron chi connectivity index (χ1n) is 11.1. The van der Waals surface area contributed by atoms with Crippen LogP contribution in [0.5, 0.6) is 0 Å². The fourth-order valence-electron chi connectivity index (χ4n) is 4.65. The number of rotatable bonds is 5. The van der Waals surface area contributed by atoms with Gasteiger partial charge >= 0.3 is 0 Å². The van der Waals surface area contributed by atoms with E-state index in [0.29, 0.717) is 30.0 Å². The van der Waals surface area contributed by atoms with Crippen LogP contribution in [0, 0.1) is 0 Å². The molecule has 3 aromatic rings. The van der Waals surface area contributed by atoms with Crippen LogP contribution in [0.4, 0.5) is 11.4 Å². The number of hydrogen-bond acceptors (Lipinski definition) is 3. The van der Waals surface area contributed by atoms with Crippen molar-refractivity contribution in [1.29, 1.82) is 0 Å². The summed E-state index contributed by atoms with van der Waals surface area (Å²) in [6, 6.07) is 20.8. The zero-order valence-corrected chi connectivity index (χ0v) is 18.7. The Balaban J connectivity index is 1.39. The zero-order chi connectivity index (χ0) is 22.1. The maximum absolute atomic E-state index is 13.0. The Bertz CT molecular complexity index is 1270. The summed E-state index contributed by atoms with van der Waals surface area (Å²) < 4.78 is 28.8. The van der Waals surface area contributed by atoms with Gasteiger partial charge in [0, 0.05) is 17.8 Å². The number of aryl methyl sites for hydroxylation is 3. The maximum atomic E-state index is 13.0. The molecule has 0 spiro atoms. The van der Waals surface area contributed by atoms with Crippen LogP contribution in [-0.4, -0.2) is 14.3 Å². The summed E-state index contributed by atoms with van der Waals surface area (Å²) in [5, 5.41) is 0. The van der Waals surface area contributed by atoms with E-state index in [9.17, 15) is 13.2 Å². The Hall–Kier alpha value is -3.12. The van der Waals surface area contributed by atoms with Gasteiger partial charge in [0.05, 0.1) is 11.4 Å². The molecule has 6 heteroatoms. The quantitative estimate of drug-likeness (QED) is 0.610. The minimum absolute atomic E-state index is 0.0868. The minimum Gasteiger partial charge on any atom is -0.308 e. The molecule has 1 amide bonds. The summed E-state index contributed by atoms with van der Waals surface area (Å²) >= 11 is 0. The van der Waals surface area contributed by atoms with E-state index < -0.39 is 10.0 Å². The summed E-state index contributed by atoms with van der Waals surface area (Å²) in [4.78, 5) is 14.7. The van der Waals surface area contributed by atoms with Crippen LogP contribution < -0.4 is 9.62 Å². The molecule has 1 aliphatic carbocycles. The van der Waals surface area contributed by atoms with Crippen LogP contribution in [0.15, 0.2) is 71.6 Å². The summed E-state index contributed by atoms with van der Waals surface area (Å²) in [5.41, 5.74) is 5.81. The summed E-state index contributed by atoms with van der Waals surface area (Å²) in [5.74, 6) is 0.0868. The first kappa shape index (κ1) is 20.8. The number of amides is 1. The van der Waals surface area contributed by atoms with Crippen molar-refractivity contribution >= 4 is 27.3 Å². The van der Waals surface area contributed by atoms with Gasteiger partial charge in [-0.2, -0.15) is 0 Å². The van der Waals surface area contributed by atoms with Crippen molar-refractivity contribution in [3.05, 3.63) is 89.0 Å². The van der Waals surface area contributed by atoms with Gasteiger partial charge in [-0.25, -0.2) is 8.42 Å². The molecular formula is C26H26N2O3S. The van der Waals surface area contributed by atoms with Gasteiger partial charge in [-0.3, -0.25) is 9.52 Å². The highest BCUT2D eigenvalue weighted by molar-refractivity contribution is 7.92. The molecule has 1 heterocycles. The largest absolute Gasteiger partial charge is 0.308 e. The maximum Gasteiger partial charge on any atom is 0.261 e. The van der Waals surface area contributed by atoms with E-state index in [1.165, 1.54) is 5.56 Å². The SMILES string of the molecule is O=C1CCc2cc(NS(=O)(=O)c3ccc4c(c3)CCCC4)ccc2N1Cc1ccccc1. The second kappa shape index (κ2) is 8.43. The van der Waals surface area contributed by atoms with Crippen molar-refractivity contribution in [3.63, 3.8) is 0 Å². The standard InChI is InChI=1S/C26H26N2O3S/c29-26-15-11-22-16-23(12-14-25(22)28(26)18-19-6-2-1-3-7-19)27-32(30,31)24-13-10-20-8-4-5-9-21(20)17-24/h1-3,6-7,10,12-14,16-17,27H,4-5,8-9,11,15,18H2. The van der Waals surface area contributed by atoms with Gasteiger partial charge in [0.2, 0.25) is 5.91 Å². The van der Waals surface area contributed by atoms with Gasteiger partial charge in [-0.15, -0.1) is 0 Å². The number of fused-ring (bicyclic) bond motifs is 2. The molecule has 32 heavy (non-hydrogen) atoms. The number of anilines is 2. The average molecular weight is 447 g/mol. The van der Waals surface area contributed by atoms with Crippen molar-refractivity contribution in [2.75, 3.05) is 9.62 Å². The van der Waals surface area contributed by atoms with Crippen molar-refractivity contribution in [1.82, 2.24) is 0 Å². The van der Waals surface area contributed by atoms with Gasteiger partial charge < -0.3 is 4.90 Å². The van der Waals surface area contributed by atoms with Crippen LogP contribution in [0.3, 0.4) is 0 Å². The molecule has 0 atom stereocenters. The number of sulfonamides is 1. The van der Waals surface area contributed by atoms with Gasteiger partial charge in [-0.05, 0) is 84.7 Å². The highest BCUT2D eigenvalue weighted by atomic mass is 32.2. The Morgan fingerprint density at radius 2 is 1.56 bits per heavy atom. The monoisotopic (exact) mass is 446 g/mol. The topological polar surface area (TPSA) is 66.5 Å². The Morgan fingerprint density at radius 3 is 2.38 bits per heavy atom. The van der Waals surface area contributed by atoms with Crippen molar-refractivity contribution in [2.45, 2.75) is 50.0 Å². The first-order valence-corrected chi connectivity index (χ1v) is 12.6. The lowest BCUT2D eigenvalue weighted by atomic mass is 9.92. The second-order valence-electron chi connectivity index (χ2n) is 8.55. The van der Waals surface area contributed by atoms with E-state index >= 15 is 0 Å². The molecule has 3 aromatic carbocycles. The fraction of sp³-hybridized carbons (Fsp3) is 0.269. The molecule has 0 saturated carbocycles. The normalized spacial score (nSPS) is 15.8. The van der Waals surface area contributed by atoms with E-state index in [1.54, 1.807) is 17.0 Å². The van der Waals surface area contributed by atoms with E-state index in [4.69, 9.17) is 0 Å². The third-order valence-corrected chi connectivity index (χ3v) is 7.72. The number of benzene rings is 3. The van der Waals surface area contributed by atoms with E-state index in [1.807, 2.05) is 54.6 Å². The van der Waals surface area contributed by atoms with Crippen LogP contribution in [-0.2, 0) is 40.6 Å². The van der Waals surface area contributed by atoms with Crippen LogP contribution >= 0.6 is 0 Å². The van der Waals surface area contributed by atoms with Gasteiger partial charge in [0.1, 0.15) is 0 Å². The fourth-order valence-corrected chi connectivity index (χ4v) is 5.75. The van der Waals surface area contributed by atoms with Crippen molar-refractivity contribution < 1.29 is 13.2 Å². The predicted octanol–water partition coefficient (Wildman–Crippen LogP) is 4.85. The van der Waals surface area contributed by atoms with E-state index in [0.717, 1.165) is 48.1 Å². The number of carbonyl (C=O) groups excluding carboxylic acids is 1. The van der Waals surface area contributed by atoms with E-state index in [-0.39, 0.29) is 5.91 Å². The molecular weight excluding hydrogens is 420 g/mol. The Labute approximate surface area is 189 Å². The summed E-state index contributed by atoms with van der Waals surface area (Å²) in [7, 11) is -3.68. The molecule has 2 aliphatic rings. The highest BCUT2D eigenvalue weighted by Crippen LogP contribution is 2.32. The molecule has 0 unspecified atom stereocenters. The number of hydrogen-bond donors (Lipinski definition) is 1. The molecule has 0 bridgehead atoms. The molecule has 0 fully saturated rings. The molecule has 1 aliphatic heterocycles. The average Bonchev–Trinajstić information content (AvgIpc) is 2.81. The second-order valence-corrected chi connectivity index (χ2v) is 10.2. The van der Waals surface area contributed by atoms with Crippen LogP contribution in [0.2, 0.25) is 0 Å². The molecule has 0 aromatic heterocycles. The Kier molecular flexibility index (Phi) is 5.47. The number of carbonyl (C=O) groups is 1. The highest BCUT2D eigenvalue weighted by Gasteiger charge is 2.25. The van der Waals surface area contributed by atoms with Crippen LogP contribution in [0.1, 0.15) is 41.5 Å². The van der Waals surface area contributed by atoms with Gasteiger partial charge in [0.25, 0.3) is 10.0 Å². The van der Waals surface area contributed by atoms with Gasteiger partial charge in [0.15, 0.2) is 0 Å². The zero-order valence-electron chi connectivity index (χ0n) is 17.9. The van der Waals surface area contributed by atoms with Crippen molar-refractivity contribution in [2.24, 2.45) is 0 Å². The molecule has 5 nitrogen and oxygen atoms in total. The minimum atomic E-state index is -3.68. The third kappa shape index (κ3) is 4.15. The number of nitrogens with zero attached hydrogens (tertiary/aromatic N) is 1.